The van der Waals surface area contributed by atoms with Gasteiger partial charge < -0.3 is 10.6 Å². The fraction of sp³-hybridized carbons (Fsp3) is 0.533. The number of nitrogens with zero attached hydrogens (tertiary/aromatic N) is 1. The van der Waals surface area contributed by atoms with Crippen LogP contribution in [0.15, 0.2) is 18.2 Å². The van der Waals surface area contributed by atoms with Gasteiger partial charge in [0.05, 0.1) is 4.92 Å². The van der Waals surface area contributed by atoms with E-state index in [1.165, 1.54) is 18.9 Å². The Morgan fingerprint density at radius 3 is 2.67 bits per heavy atom. The highest BCUT2D eigenvalue weighted by molar-refractivity contribution is 6.00. The van der Waals surface area contributed by atoms with Crippen LogP contribution >= 0.6 is 0 Å². The number of hydrogen-bond acceptors (Lipinski definition) is 4. The Bertz CT molecular complexity index is 592. The summed E-state index contributed by atoms with van der Waals surface area (Å²) in [5, 5.41) is 16.9. The van der Waals surface area contributed by atoms with Gasteiger partial charge in [0.15, 0.2) is 0 Å². The lowest BCUT2D eigenvalue weighted by molar-refractivity contribution is -0.384. The van der Waals surface area contributed by atoms with Crippen LogP contribution in [0.2, 0.25) is 0 Å². The molecule has 1 aromatic carbocycles. The second-order valence-corrected chi connectivity index (χ2v) is 6.03. The van der Waals surface area contributed by atoms with Crippen LogP contribution in [0.3, 0.4) is 0 Å². The normalized spacial score (nSPS) is 18.9. The molecular formula is C15H19N3O3. The molecule has 1 amide bonds. The third-order valence-corrected chi connectivity index (χ3v) is 4.67. The van der Waals surface area contributed by atoms with E-state index >= 15 is 0 Å². The van der Waals surface area contributed by atoms with Crippen LogP contribution in [0.4, 0.5) is 11.4 Å². The number of benzene rings is 1. The van der Waals surface area contributed by atoms with Crippen molar-refractivity contribution in [3.05, 3.63) is 33.9 Å². The molecule has 2 N–H and O–H groups in total. The molecule has 1 aromatic rings. The van der Waals surface area contributed by atoms with E-state index < -0.39 is 4.92 Å². The minimum absolute atomic E-state index is 0.124. The van der Waals surface area contributed by atoms with Crippen LogP contribution in [-0.4, -0.2) is 24.4 Å². The van der Waals surface area contributed by atoms with Crippen molar-refractivity contribution >= 4 is 17.3 Å². The Hall–Kier alpha value is -2.11. The van der Waals surface area contributed by atoms with Crippen LogP contribution in [0.1, 0.15) is 36.0 Å². The highest BCUT2D eigenvalue weighted by Gasteiger charge is 2.53. The monoisotopic (exact) mass is 289 g/mol. The Kier molecular flexibility index (Phi) is 3.31. The van der Waals surface area contributed by atoms with E-state index in [0.717, 1.165) is 18.8 Å². The van der Waals surface area contributed by atoms with E-state index in [-0.39, 0.29) is 22.6 Å². The number of amides is 1. The summed E-state index contributed by atoms with van der Waals surface area (Å²) in [6.07, 6.45) is 4.84. The van der Waals surface area contributed by atoms with Gasteiger partial charge in [-0.15, -0.1) is 0 Å². The van der Waals surface area contributed by atoms with Gasteiger partial charge in [-0.3, -0.25) is 14.9 Å². The topological polar surface area (TPSA) is 84.3 Å². The molecule has 0 aromatic heterocycles. The van der Waals surface area contributed by atoms with Gasteiger partial charge in [0.2, 0.25) is 0 Å². The van der Waals surface area contributed by atoms with Gasteiger partial charge in [-0.2, -0.15) is 0 Å². The minimum atomic E-state index is -0.505. The molecule has 0 atom stereocenters. The second kappa shape index (κ2) is 5.02. The fourth-order valence-electron chi connectivity index (χ4n) is 3.06. The molecule has 0 unspecified atom stereocenters. The zero-order valence-electron chi connectivity index (χ0n) is 12.0. The standard InChI is InChI=1S/C15H19N3O3/c1-16-12-4-2-3-11(13(12)18(20)21)14(19)17-9-15(7-8-15)10-5-6-10/h2-4,10,16H,5-9H2,1H3,(H,17,19). The average molecular weight is 289 g/mol. The van der Waals surface area contributed by atoms with Crippen molar-refractivity contribution in [2.45, 2.75) is 25.7 Å². The number of carbonyl (C=O) groups excluding carboxylic acids is 1. The molecule has 21 heavy (non-hydrogen) atoms. The number of para-hydroxylation sites is 1. The van der Waals surface area contributed by atoms with Crippen molar-refractivity contribution in [3.63, 3.8) is 0 Å². The molecule has 112 valence electrons. The summed E-state index contributed by atoms with van der Waals surface area (Å²) >= 11 is 0. The van der Waals surface area contributed by atoms with E-state index in [0.29, 0.717) is 12.2 Å². The summed E-state index contributed by atoms with van der Waals surface area (Å²) in [5.41, 5.74) is 0.605. The molecule has 2 saturated carbocycles. The van der Waals surface area contributed by atoms with E-state index in [1.807, 2.05) is 0 Å². The second-order valence-electron chi connectivity index (χ2n) is 6.03. The van der Waals surface area contributed by atoms with E-state index in [1.54, 1.807) is 19.2 Å². The molecule has 3 rings (SSSR count). The molecule has 0 saturated heterocycles. The largest absolute Gasteiger partial charge is 0.383 e. The third kappa shape index (κ3) is 2.57. The quantitative estimate of drug-likeness (QED) is 0.622. The SMILES string of the molecule is CNc1cccc(C(=O)NCC2(C3CC3)CC2)c1[N+](=O)[O-]. The zero-order chi connectivity index (χ0) is 15.0. The summed E-state index contributed by atoms with van der Waals surface area (Å²) in [6.45, 7) is 0.636. The predicted molar refractivity (Wildman–Crippen MR) is 79.4 cm³/mol. The van der Waals surface area contributed by atoms with Crippen molar-refractivity contribution in [1.29, 1.82) is 0 Å². The highest BCUT2D eigenvalue weighted by Crippen LogP contribution is 2.60. The Morgan fingerprint density at radius 1 is 1.43 bits per heavy atom. The summed E-state index contributed by atoms with van der Waals surface area (Å²) in [4.78, 5) is 23.0. The predicted octanol–water partition coefficient (Wildman–Crippen LogP) is 2.56. The van der Waals surface area contributed by atoms with Crippen LogP contribution < -0.4 is 10.6 Å². The van der Waals surface area contributed by atoms with Gasteiger partial charge in [0.25, 0.3) is 5.91 Å². The van der Waals surface area contributed by atoms with Gasteiger partial charge >= 0.3 is 5.69 Å². The minimum Gasteiger partial charge on any atom is -0.383 e. The smallest absolute Gasteiger partial charge is 0.305 e. The van der Waals surface area contributed by atoms with Gasteiger partial charge in [0.1, 0.15) is 11.3 Å². The Morgan fingerprint density at radius 2 is 2.14 bits per heavy atom. The summed E-state index contributed by atoms with van der Waals surface area (Å²) in [5.74, 6) is 0.391. The molecule has 0 spiro atoms. The van der Waals surface area contributed by atoms with E-state index in [2.05, 4.69) is 10.6 Å². The summed E-state index contributed by atoms with van der Waals surface area (Å²) in [7, 11) is 1.61. The van der Waals surface area contributed by atoms with Crippen molar-refractivity contribution in [2.24, 2.45) is 11.3 Å². The van der Waals surface area contributed by atoms with E-state index in [9.17, 15) is 14.9 Å². The Balaban J connectivity index is 1.76. The maximum atomic E-state index is 12.3. The molecule has 6 nitrogen and oxygen atoms in total. The van der Waals surface area contributed by atoms with Gasteiger partial charge in [-0.05, 0) is 49.1 Å². The maximum Gasteiger partial charge on any atom is 0.305 e. The molecule has 0 bridgehead atoms. The number of anilines is 1. The molecule has 0 heterocycles. The van der Waals surface area contributed by atoms with Crippen molar-refractivity contribution in [3.8, 4) is 0 Å². The van der Waals surface area contributed by atoms with Crippen molar-refractivity contribution in [1.82, 2.24) is 5.32 Å². The van der Waals surface area contributed by atoms with Crippen LogP contribution in [0, 0.1) is 21.4 Å². The number of nitrogens with one attached hydrogen (secondary N) is 2. The number of hydrogen-bond donors (Lipinski definition) is 2. The summed E-state index contributed by atoms with van der Waals surface area (Å²) in [6, 6.07) is 4.76. The van der Waals surface area contributed by atoms with Crippen LogP contribution in [0.5, 0.6) is 0 Å². The fourth-order valence-corrected chi connectivity index (χ4v) is 3.06. The van der Waals surface area contributed by atoms with Gasteiger partial charge in [-0.25, -0.2) is 0 Å². The van der Waals surface area contributed by atoms with Gasteiger partial charge in [0, 0.05) is 13.6 Å². The molecule has 2 aliphatic carbocycles. The lowest BCUT2D eigenvalue weighted by Crippen LogP contribution is -2.31. The molecule has 2 fully saturated rings. The van der Waals surface area contributed by atoms with Crippen molar-refractivity contribution < 1.29 is 9.72 Å². The number of nitro groups is 1. The van der Waals surface area contributed by atoms with Crippen LogP contribution in [-0.2, 0) is 0 Å². The van der Waals surface area contributed by atoms with Crippen LogP contribution in [0.25, 0.3) is 0 Å². The van der Waals surface area contributed by atoms with E-state index in [4.69, 9.17) is 0 Å². The first-order valence-corrected chi connectivity index (χ1v) is 7.31. The van der Waals surface area contributed by atoms with Crippen molar-refractivity contribution in [2.75, 3.05) is 18.9 Å². The Labute approximate surface area is 123 Å². The van der Waals surface area contributed by atoms with Gasteiger partial charge in [-0.1, -0.05) is 6.07 Å². The highest BCUT2D eigenvalue weighted by atomic mass is 16.6. The lowest BCUT2D eigenvalue weighted by atomic mass is 10.0. The first-order valence-electron chi connectivity index (χ1n) is 7.31. The maximum absolute atomic E-state index is 12.3. The summed E-state index contributed by atoms with van der Waals surface area (Å²) < 4.78 is 0. The molecule has 2 aliphatic rings. The number of rotatable bonds is 6. The zero-order valence-corrected chi connectivity index (χ0v) is 12.0. The lowest BCUT2D eigenvalue weighted by Gasteiger charge is -2.15. The average Bonchev–Trinajstić information content (AvgIpc) is 3.36. The molecule has 0 aliphatic heterocycles. The first-order chi connectivity index (χ1) is 10.1. The third-order valence-electron chi connectivity index (χ3n) is 4.67. The molecule has 6 heteroatoms. The number of nitro benzene ring substituents is 1. The molecule has 0 radical (unpaired) electrons. The number of carbonyl (C=O) groups is 1. The first kappa shape index (κ1) is 13.9. The molecular weight excluding hydrogens is 270 g/mol.